The van der Waals surface area contributed by atoms with Crippen LogP contribution in [-0.4, -0.2) is 142 Å². The van der Waals surface area contributed by atoms with Crippen LogP contribution in [0, 0.1) is 0 Å². The Morgan fingerprint density at radius 1 is 0.492 bits per heavy atom. The van der Waals surface area contributed by atoms with Gasteiger partial charge in [0.05, 0.1) is 19.8 Å². The lowest BCUT2D eigenvalue weighted by Gasteiger charge is -2.42. The highest BCUT2D eigenvalue weighted by Gasteiger charge is 2.47. The van der Waals surface area contributed by atoms with Gasteiger partial charge in [0.2, 0.25) is 0 Å². The summed E-state index contributed by atoms with van der Waals surface area (Å²) in [5, 5.41) is 71.7. The van der Waals surface area contributed by atoms with E-state index < -0.39 is 92.7 Å². The van der Waals surface area contributed by atoms with Crippen molar-refractivity contribution < 1.29 is 73.8 Å². The van der Waals surface area contributed by atoms with E-state index in [4.69, 9.17) is 28.4 Å². The second-order valence-electron chi connectivity index (χ2n) is 17.6. The molecule has 0 spiro atoms. The highest BCUT2D eigenvalue weighted by molar-refractivity contribution is 5.70. The quantitative estimate of drug-likeness (QED) is 0.0208. The summed E-state index contributed by atoms with van der Waals surface area (Å²) in [7, 11) is 0. The Bertz CT molecular complexity index is 1160. The zero-order valence-corrected chi connectivity index (χ0v) is 38.8. The first-order chi connectivity index (χ1) is 30.5. The van der Waals surface area contributed by atoms with Crippen molar-refractivity contribution in [2.24, 2.45) is 0 Å². The van der Waals surface area contributed by atoms with Crippen LogP contribution in [0.15, 0.2) is 12.2 Å². The smallest absolute Gasteiger partial charge is 0.306 e. The average Bonchev–Trinajstić information content (AvgIpc) is 3.28. The number of hydrogen-bond donors (Lipinski definition) is 7. The number of carbonyl (C=O) groups excluding carboxylic acids is 2. The zero-order valence-electron chi connectivity index (χ0n) is 38.8. The summed E-state index contributed by atoms with van der Waals surface area (Å²) >= 11 is 0. The van der Waals surface area contributed by atoms with Gasteiger partial charge in [0.1, 0.15) is 55.4 Å². The lowest BCUT2D eigenvalue weighted by atomic mass is 9.98. The molecule has 2 aliphatic heterocycles. The molecule has 0 saturated carbocycles. The lowest BCUT2D eigenvalue weighted by molar-refractivity contribution is -0.332. The van der Waals surface area contributed by atoms with Crippen molar-refractivity contribution in [2.45, 2.75) is 255 Å². The Hall–Kier alpha value is -1.76. The van der Waals surface area contributed by atoms with Crippen LogP contribution < -0.4 is 0 Å². The van der Waals surface area contributed by atoms with Crippen molar-refractivity contribution >= 4 is 11.9 Å². The molecule has 2 saturated heterocycles. The van der Waals surface area contributed by atoms with Crippen molar-refractivity contribution in [1.82, 2.24) is 0 Å². The van der Waals surface area contributed by atoms with Crippen molar-refractivity contribution in [3.63, 3.8) is 0 Å². The van der Waals surface area contributed by atoms with E-state index >= 15 is 0 Å². The van der Waals surface area contributed by atoms with Gasteiger partial charge in [0.25, 0.3) is 0 Å². The van der Waals surface area contributed by atoms with Crippen LogP contribution in [0.5, 0.6) is 0 Å². The fourth-order valence-corrected chi connectivity index (χ4v) is 7.86. The molecule has 63 heavy (non-hydrogen) atoms. The molecule has 7 N–H and O–H groups in total. The molecule has 2 aliphatic rings. The molecule has 2 heterocycles. The number of unbranched alkanes of at least 4 members (excludes halogenated alkanes) is 22. The Kier molecular flexibility index (Phi) is 33.1. The number of ether oxygens (including phenoxy) is 6. The van der Waals surface area contributed by atoms with Gasteiger partial charge in [-0.25, -0.2) is 0 Å². The number of esters is 2. The van der Waals surface area contributed by atoms with Crippen LogP contribution >= 0.6 is 0 Å². The van der Waals surface area contributed by atoms with Crippen molar-refractivity contribution in [1.29, 1.82) is 0 Å². The largest absolute Gasteiger partial charge is 0.462 e. The highest BCUT2D eigenvalue weighted by Crippen LogP contribution is 2.26. The molecule has 0 aromatic rings. The maximum atomic E-state index is 12.9. The van der Waals surface area contributed by atoms with Gasteiger partial charge in [0, 0.05) is 12.8 Å². The van der Waals surface area contributed by atoms with E-state index in [0.717, 1.165) is 38.5 Å². The number of allylic oxidation sites excluding steroid dienone is 2. The second kappa shape index (κ2) is 36.4. The molecule has 11 unspecified atom stereocenters. The van der Waals surface area contributed by atoms with E-state index in [1.54, 1.807) is 0 Å². The minimum Gasteiger partial charge on any atom is -0.462 e. The Balaban J connectivity index is 1.68. The average molecular weight is 905 g/mol. The molecule has 0 radical (unpaired) electrons. The van der Waals surface area contributed by atoms with Gasteiger partial charge in [-0.15, -0.1) is 0 Å². The summed E-state index contributed by atoms with van der Waals surface area (Å²) in [5.74, 6) is -0.940. The molecule has 0 amide bonds. The number of rotatable bonds is 38. The highest BCUT2D eigenvalue weighted by atomic mass is 16.7. The van der Waals surface area contributed by atoms with Gasteiger partial charge in [-0.1, -0.05) is 148 Å². The molecule has 11 atom stereocenters. The fourth-order valence-electron chi connectivity index (χ4n) is 7.86. The summed E-state index contributed by atoms with van der Waals surface area (Å²) in [4.78, 5) is 25.3. The third kappa shape index (κ3) is 25.1. The van der Waals surface area contributed by atoms with Gasteiger partial charge in [-0.3, -0.25) is 9.59 Å². The fraction of sp³-hybridized carbons (Fsp3) is 0.917. The molecular weight excluding hydrogens is 817 g/mol. The molecule has 0 aromatic carbocycles. The predicted octanol–water partition coefficient (Wildman–Crippen LogP) is 6.21. The van der Waals surface area contributed by atoms with E-state index in [0.29, 0.717) is 12.8 Å². The summed E-state index contributed by atoms with van der Waals surface area (Å²) in [6.45, 7) is 2.45. The molecule has 370 valence electrons. The third-order valence-electron chi connectivity index (χ3n) is 12.0. The van der Waals surface area contributed by atoms with Gasteiger partial charge in [-0.05, 0) is 38.5 Å². The van der Waals surface area contributed by atoms with Gasteiger partial charge in [0.15, 0.2) is 18.7 Å². The van der Waals surface area contributed by atoms with Crippen LogP contribution in [0.4, 0.5) is 0 Å². The Morgan fingerprint density at radius 2 is 0.905 bits per heavy atom. The Morgan fingerprint density at radius 3 is 1.41 bits per heavy atom. The maximum Gasteiger partial charge on any atom is 0.306 e. The third-order valence-corrected chi connectivity index (χ3v) is 12.0. The molecular formula is C48H88O15. The van der Waals surface area contributed by atoms with Crippen molar-refractivity contribution in [3.05, 3.63) is 12.2 Å². The van der Waals surface area contributed by atoms with E-state index in [1.165, 1.54) is 109 Å². The first-order valence-corrected chi connectivity index (χ1v) is 24.8. The summed E-state index contributed by atoms with van der Waals surface area (Å²) in [6.07, 6.45) is 17.7. The van der Waals surface area contributed by atoms with E-state index in [-0.39, 0.29) is 26.1 Å². The topological polar surface area (TPSA) is 231 Å². The monoisotopic (exact) mass is 905 g/mol. The van der Waals surface area contributed by atoms with Crippen molar-refractivity contribution in [2.75, 3.05) is 26.4 Å². The molecule has 0 aliphatic carbocycles. The van der Waals surface area contributed by atoms with Crippen LogP contribution in [0.3, 0.4) is 0 Å². The van der Waals surface area contributed by atoms with Gasteiger partial charge in [-0.2, -0.15) is 0 Å². The molecule has 2 rings (SSSR count). The molecule has 0 bridgehead atoms. The minimum absolute atomic E-state index is 0.167. The van der Waals surface area contributed by atoms with Crippen LogP contribution in [-0.2, 0) is 38.0 Å². The molecule has 2 fully saturated rings. The number of hydrogen-bond acceptors (Lipinski definition) is 15. The van der Waals surface area contributed by atoms with E-state index in [9.17, 15) is 45.3 Å². The van der Waals surface area contributed by atoms with E-state index in [1.807, 2.05) is 0 Å². The summed E-state index contributed by atoms with van der Waals surface area (Å²) < 4.78 is 33.3. The lowest BCUT2D eigenvalue weighted by Crippen LogP contribution is -2.61. The maximum absolute atomic E-state index is 12.9. The SMILES string of the molecule is CCCCCCCCCC/C=C\CCCCCCCCCCCCCC(=O)OC(COC(=O)CCCCCC)COC1OC(COC2OC(CO)C(O)C(O)C2O)C(O)C(O)C1O. The first kappa shape index (κ1) is 57.4. The molecule has 15 heteroatoms. The number of aliphatic hydroxyl groups excluding tert-OH is 7. The zero-order chi connectivity index (χ0) is 46.1. The molecule has 15 nitrogen and oxygen atoms in total. The molecule has 0 aromatic heterocycles. The van der Waals surface area contributed by atoms with Crippen LogP contribution in [0.2, 0.25) is 0 Å². The van der Waals surface area contributed by atoms with E-state index in [2.05, 4.69) is 26.0 Å². The first-order valence-electron chi connectivity index (χ1n) is 24.8. The van der Waals surface area contributed by atoms with Crippen LogP contribution in [0.1, 0.15) is 187 Å². The number of aliphatic hydroxyl groups is 7. The van der Waals surface area contributed by atoms with Gasteiger partial charge >= 0.3 is 11.9 Å². The Labute approximate surface area is 378 Å². The standard InChI is InChI=1S/C48H88O15/c1-3-5-7-9-10-11-12-13-14-15-16-17-18-19-20-21-22-23-24-25-26-27-29-31-40(51)61-36(33-58-39(50)30-28-8-6-4-2)34-59-47-46(57)44(55)42(53)38(63-47)35-60-48-45(56)43(54)41(52)37(32-49)62-48/h15-16,36-38,41-49,52-57H,3-14,17-35H2,1-2H3/b16-15-. The van der Waals surface area contributed by atoms with Crippen molar-refractivity contribution in [3.8, 4) is 0 Å². The second-order valence-corrected chi connectivity index (χ2v) is 17.6. The number of carbonyl (C=O) groups is 2. The minimum atomic E-state index is -1.76. The summed E-state index contributed by atoms with van der Waals surface area (Å²) in [6, 6.07) is 0. The summed E-state index contributed by atoms with van der Waals surface area (Å²) in [5.41, 5.74) is 0. The predicted molar refractivity (Wildman–Crippen MR) is 238 cm³/mol. The van der Waals surface area contributed by atoms with Crippen LogP contribution in [0.25, 0.3) is 0 Å². The van der Waals surface area contributed by atoms with Gasteiger partial charge < -0.3 is 64.2 Å². The normalized spacial score (nSPS) is 26.9.